The molecule has 0 radical (unpaired) electrons. The lowest BCUT2D eigenvalue weighted by Gasteiger charge is -2.08. The zero-order chi connectivity index (χ0) is 22.2. The number of H-pyrrole nitrogens is 2. The summed E-state index contributed by atoms with van der Waals surface area (Å²) in [4.78, 5) is 29.0. The Labute approximate surface area is 187 Å². The minimum atomic E-state index is -0.180. The highest BCUT2D eigenvalue weighted by Crippen LogP contribution is 2.30. The van der Waals surface area contributed by atoms with Crippen molar-refractivity contribution in [3.05, 3.63) is 90.9 Å². The Hall–Kier alpha value is -4.85. The van der Waals surface area contributed by atoms with Crippen molar-refractivity contribution in [3.63, 3.8) is 0 Å². The highest BCUT2D eigenvalue weighted by atomic mass is 16.1. The summed E-state index contributed by atoms with van der Waals surface area (Å²) in [6.45, 7) is 0. The van der Waals surface area contributed by atoms with Crippen LogP contribution in [0.15, 0.2) is 85.3 Å². The average Bonchev–Trinajstić information content (AvgIpc) is 3.48. The first-order valence-electron chi connectivity index (χ1n) is 10.4. The van der Waals surface area contributed by atoms with E-state index in [1.54, 1.807) is 30.7 Å². The highest BCUT2D eigenvalue weighted by molar-refractivity contribution is 6.04. The van der Waals surface area contributed by atoms with Crippen molar-refractivity contribution < 1.29 is 4.79 Å². The van der Waals surface area contributed by atoms with E-state index < -0.39 is 0 Å². The van der Waals surface area contributed by atoms with E-state index in [0.717, 1.165) is 27.5 Å². The molecule has 0 saturated heterocycles. The Kier molecular flexibility index (Phi) is 4.40. The van der Waals surface area contributed by atoms with Gasteiger partial charge in [0.2, 0.25) is 0 Å². The predicted molar refractivity (Wildman–Crippen MR) is 127 cm³/mol. The summed E-state index contributed by atoms with van der Waals surface area (Å²) in [5, 5.41) is 11.4. The van der Waals surface area contributed by atoms with E-state index in [4.69, 9.17) is 0 Å². The van der Waals surface area contributed by atoms with Gasteiger partial charge in [-0.15, -0.1) is 0 Å². The second-order valence-corrected chi connectivity index (χ2v) is 7.57. The fraction of sp³-hybridized carbons (Fsp3) is 0. The molecule has 8 heteroatoms. The summed E-state index contributed by atoms with van der Waals surface area (Å²) in [5.74, 6) is 0.467. The van der Waals surface area contributed by atoms with Crippen molar-refractivity contribution in [3.8, 4) is 22.6 Å². The Balaban J connectivity index is 1.36. The predicted octanol–water partition coefficient (Wildman–Crippen LogP) is 4.82. The fourth-order valence-electron chi connectivity index (χ4n) is 3.79. The van der Waals surface area contributed by atoms with E-state index in [1.807, 2.05) is 54.6 Å². The molecule has 0 spiro atoms. The first kappa shape index (κ1) is 18.9. The zero-order valence-corrected chi connectivity index (χ0v) is 17.3. The number of carbonyl (C=O) groups excluding carboxylic acids is 1. The normalized spacial score (nSPS) is 11.2. The van der Waals surface area contributed by atoms with Gasteiger partial charge in [-0.2, -0.15) is 5.10 Å². The van der Waals surface area contributed by atoms with Crippen LogP contribution in [0.25, 0.3) is 44.7 Å². The number of fused-ring (bicyclic) bond motifs is 2. The Morgan fingerprint density at radius 1 is 0.879 bits per heavy atom. The molecule has 0 unspecified atom stereocenters. The van der Waals surface area contributed by atoms with Crippen molar-refractivity contribution in [2.45, 2.75) is 0 Å². The number of rotatable bonds is 4. The largest absolute Gasteiger partial charge is 0.335 e. The van der Waals surface area contributed by atoms with Crippen molar-refractivity contribution in [2.75, 3.05) is 5.32 Å². The quantitative estimate of drug-likeness (QED) is 0.371. The van der Waals surface area contributed by atoms with Crippen LogP contribution in [0.4, 0.5) is 5.69 Å². The number of nitrogens with zero attached hydrogens (tertiary/aromatic N) is 4. The van der Waals surface area contributed by atoms with Gasteiger partial charge in [0, 0.05) is 28.9 Å². The number of hydrogen-bond donors (Lipinski definition) is 3. The third kappa shape index (κ3) is 3.49. The average molecular weight is 431 g/mol. The highest BCUT2D eigenvalue weighted by Gasteiger charge is 2.14. The van der Waals surface area contributed by atoms with Crippen LogP contribution in [0, 0.1) is 0 Å². The van der Waals surface area contributed by atoms with Crippen LogP contribution in [0.5, 0.6) is 0 Å². The minimum Gasteiger partial charge on any atom is -0.335 e. The van der Waals surface area contributed by atoms with Gasteiger partial charge in [0.05, 0.1) is 22.9 Å². The summed E-state index contributed by atoms with van der Waals surface area (Å²) in [7, 11) is 0. The molecule has 6 rings (SSSR count). The van der Waals surface area contributed by atoms with Gasteiger partial charge < -0.3 is 10.3 Å². The maximum Gasteiger partial charge on any atom is 0.255 e. The second-order valence-electron chi connectivity index (χ2n) is 7.57. The van der Waals surface area contributed by atoms with Crippen LogP contribution in [-0.4, -0.2) is 36.0 Å². The number of amides is 1. The lowest BCUT2D eigenvalue weighted by atomic mass is 10.0. The van der Waals surface area contributed by atoms with Gasteiger partial charge in [0.15, 0.2) is 11.5 Å². The first-order valence-corrected chi connectivity index (χ1v) is 10.4. The number of benzene rings is 2. The molecule has 1 amide bonds. The SMILES string of the molecule is O=C(Nc1cncc(-c2ccc3[nH]nc(-c4nc5ncccc5[nH]4)c3c2)c1)c1ccccc1. The molecule has 8 nitrogen and oxygen atoms in total. The summed E-state index contributed by atoms with van der Waals surface area (Å²) >= 11 is 0. The molecule has 0 bridgehead atoms. The van der Waals surface area contributed by atoms with E-state index >= 15 is 0 Å². The molecule has 0 fully saturated rings. The van der Waals surface area contributed by atoms with Crippen LogP contribution in [0.2, 0.25) is 0 Å². The number of carbonyl (C=O) groups is 1. The monoisotopic (exact) mass is 431 g/mol. The minimum absolute atomic E-state index is 0.180. The second kappa shape index (κ2) is 7.69. The summed E-state index contributed by atoms with van der Waals surface area (Å²) in [6, 6.07) is 20.8. The van der Waals surface area contributed by atoms with Crippen LogP contribution in [0.1, 0.15) is 10.4 Å². The van der Waals surface area contributed by atoms with Crippen LogP contribution in [-0.2, 0) is 0 Å². The Morgan fingerprint density at radius 2 is 1.79 bits per heavy atom. The van der Waals surface area contributed by atoms with Crippen LogP contribution < -0.4 is 5.32 Å². The molecule has 4 heterocycles. The van der Waals surface area contributed by atoms with E-state index in [9.17, 15) is 4.79 Å². The summed E-state index contributed by atoms with van der Waals surface area (Å²) in [6.07, 6.45) is 5.11. The maximum absolute atomic E-state index is 12.5. The van der Waals surface area contributed by atoms with Gasteiger partial charge in [0.1, 0.15) is 5.69 Å². The van der Waals surface area contributed by atoms with Gasteiger partial charge >= 0.3 is 0 Å². The van der Waals surface area contributed by atoms with E-state index in [2.05, 4.69) is 35.5 Å². The molecule has 0 saturated carbocycles. The smallest absolute Gasteiger partial charge is 0.255 e. The number of aromatic nitrogens is 6. The van der Waals surface area contributed by atoms with E-state index in [1.165, 1.54) is 0 Å². The van der Waals surface area contributed by atoms with Crippen LogP contribution >= 0.6 is 0 Å². The molecule has 158 valence electrons. The lowest BCUT2D eigenvalue weighted by Crippen LogP contribution is -2.11. The van der Waals surface area contributed by atoms with Crippen molar-refractivity contribution in [2.24, 2.45) is 0 Å². The lowest BCUT2D eigenvalue weighted by molar-refractivity contribution is 0.102. The first-order chi connectivity index (χ1) is 16.2. The number of nitrogens with one attached hydrogen (secondary N) is 3. The number of imidazole rings is 1. The molecule has 0 aliphatic rings. The van der Waals surface area contributed by atoms with E-state index in [0.29, 0.717) is 28.4 Å². The summed E-state index contributed by atoms with van der Waals surface area (Å²) < 4.78 is 0. The topological polar surface area (TPSA) is 112 Å². The van der Waals surface area contributed by atoms with Crippen molar-refractivity contribution >= 4 is 33.7 Å². The van der Waals surface area contributed by atoms with Gasteiger partial charge in [-0.3, -0.25) is 14.9 Å². The van der Waals surface area contributed by atoms with Crippen molar-refractivity contribution in [1.82, 2.24) is 30.1 Å². The maximum atomic E-state index is 12.5. The standard InChI is InChI=1S/C25H17N7O/c33-25(15-5-2-1-3-6-15)28-18-11-17(13-26-14-18)16-8-9-20-19(12-16)22(32-31-20)24-29-21-7-4-10-27-23(21)30-24/h1-14H,(H,28,33)(H,31,32)(H,27,29,30). The molecule has 0 atom stereocenters. The van der Waals surface area contributed by atoms with Gasteiger partial charge in [-0.1, -0.05) is 24.3 Å². The molecule has 3 N–H and O–H groups in total. The zero-order valence-electron chi connectivity index (χ0n) is 17.3. The van der Waals surface area contributed by atoms with Gasteiger partial charge in [-0.25, -0.2) is 9.97 Å². The Bertz CT molecular complexity index is 1590. The number of aromatic amines is 2. The van der Waals surface area contributed by atoms with Gasteiger partial charge in [-0.05, 0) is 48.0 Å². The molecule has 4 aromatic heterocycles. The number of pyridine rings is 2. The molecular weight excluding hydrogens is 414 g/mol. The molecular formula is C25H17N7O. The van der Waals surface area contributed by atoms with E-state index in [-0.39, 0.29) is 5.91 Å². The molecule has 6 aromatic rings. The molecule has 0 aliphatic carbocycles. The number of anilines is 1. The van der Waals surface area contributed by atoms with Crippen LogP contribution in [0.3, 0.4) is 0 Å². The Morgan fingerprint density at radius 3 is 2.67 bits per heavy atom. The fourth-order valence-corrected chi connectivity index (χ4v) is 3.79. The summed E-state index contributed by atoms with van der Waals surface area (Å²) in [5.41, 5.74) is 6.14. The van der Waals surface area contributed by atoms with Gasteiger partial charge in [0.25, 0.3) is 5.91 Å². The third-order valence-electron chi connectivity index (χ3n) is 5.41. The molecule has 0 aliphatic heterocycles. The molecule has 33 heavy (non-hydrogen) atoms. The van der Waals surface area contributed by atoms with Crippen molar-refractivity contribution in [1.29, 1.82) is 0 Å². The number of hydrogen-bond acceptors (Lipinski definition) is 5. The molecule has 2 aromatic carbocycles. The third-order valence-corrected chi connectivity index (χ3v) is 5.41.